The van der Waals surface area contributed by atoms with Crippen molar-refractivity contribution in [3.63, 3.8) is 0 Å². The summed E-state index contributed by atoms with van der Waals surface area (Å²) in [6, 6.07) is 0.373. The van der Waals surface area contributed by atoms with Gasteiger partial charge in [-0.2, -0.15) is 4.98 Å². The van der Waals surface area contributed by atoms with E-state index in [9.17, 15) is 4.79 Å². The lowest BCUT2D eigenvalue weighted by Gasteiger charge is -2.09. The molecule has 0 spiro atoms. The van der Waals surface area contributed by atoms with Gasteiger partial charge in [0, 0.05) is 12.1 Å². The molecule has 1 saturated carbocycles. The molecule has 1 aliphatic rings. The smallest absolute Gasteiger partial charge is 0.316 e. The SMILES string of the molecule is CC(C)Oc1ncc(C=O)c(C2CC2)n1. The van der Waals surface area contributed by atoms with Crippen molar-refractivity contribution in [2.24, 2.45) is 0 Å². The van der Waals surface area contributed by atoms with Crippen molar-refractivity contribution in [1.29, 1.82) is 0 Å². The molecular weight excluding hydrogens is 192 g/mol. The molecule has 1 aromatic heterocycles. The largest absolute Gasteiger partial charge is 0.461 e. The monoisotopic (exact) mass is 206 g/mol. The zero-order valence-electron chi connectivity index (χ0n) is 8.93. The number of nitrogens with zero attached hydrogens (tertiary/aromatic N) is 2. The first-order valence-corrected chi connectivity index (χ1v) is 5.19. The average molecular weight is 206 g/mol. The lowest BCUT2D eigenvalue weighted by Crippen LogP contribution is -2.10. The van der Waals surface area contributed by atoms with Crippen LogP contribution in [0.25, 0.3) is 0 Å². The van der Waals surface area contributed by atoms with Gasteiger partial charge in [0.25, 0.3) is 0 Å². The van der Waals surface area contributed by atoms with Crippen molar-refractivity contribution in [3.8, 4) is 6.01 Å². The molecule has 0 N–H and O–H groups in total. The van der Waals surface area contributed by atoms with E-state index < -0.39 is 0 Å². The Kier molecular flexibility index (Phi) is 2.66. The number of carbonyl (C=O) groups excluding carboxylic acids is 1. The first-order chi connectivity index (χ1) is 7.20. The molecule has 0 radical (unpaired) electrons. The van der Waals surface area contributed by atoms with Gasteiger partial charge in [-0.15, -0.1) is 0 Å². The fourth-order valence-electron chi connectivity index (χ4n) is 1.43. The van der Waals surface area contributed by atoms with E-state index in [0.29, 0.717) is 17.5 Å². The third-order valence-corrected chi connectivity index (χ3v) is 2.26. The van der Waals surface area contributed by atoms with E-state index in [0.717, 1.165) is 24.8 Å². The summed E-state index contributed by atoms with van der Waals surface area (Å²) in [7, 11) is 0. The molecule has 1 fully saturated rings. The molecule has 4 nitrogen and oxygen atoms in total. The maximum Gasteiger partial charge on any atom is 0.316 e. The van der Waals surface area contributed by atoms with Crippen LogP contribution in [0.2, 0.25) is 0 Å². The molecule has 1 aromatic rings. The summed E-state index contributed by atoms with van der Waals surface area (Å²) in [6.45, 7) is 3.85. The number of aldehydes is 1. The van der Waals surface area contributed by atoms with E-state index in [4.69, 9.17) is 4.74 Å². The van der Waals surface area contributed by atoms with Crippen molar-refractivity contribution in [2.75, 3.05) is 0 Å². The molecule has 0 saturated heterocycles. The van der Waals surface area contributed by atoms with Gasteiger partial charge in [-0.3, -0.25) is 4.79 Å². The summed E-state index contributed by atoms with van der Waals surface area (Å²) in [5.41, 5.74) is 1.43. The van der Waals surface area contributed by atoms with Crippen LogP contribution < -0.4 is 4.74 Å². The van der Waals surface area contributed by atoms with Crippen molar-refractivity contribution < 1.29 is 9.53 Å². The van der Waals surface area contributed by atoms with Crippen LogP contribution in [0, 0.1) is 0 Å². The van der Waals surface area contributed by atoms with E-state index in [1.807, 2.05) is 13.8 Å². The topological polar surface area (TPSA) is 52.1 Å². The molecule has 0 atom stereocenters. The predicted octanol–water partition coefficient (Wildman–Crippen LogP) is 1.95. The second-order valence-corrected chi connectivity index (χ2v) is 4.05. The Hall–Kier alpha value is -1.45. The predicted molar refractivity (Wildman–Crippen MR) is 55.2 cm³/mol. The van der Waals surface area contributed by atoms with Gasteiger partial charge in [0.15, 0.2) is 6.29 Å². The summed E-state index contributed by atoms with van der Waals surface area (Å²) >= 11 is 0. The fourth-order valence-corrected chi connectivity index (χ4v) is 1.43. The lowest BCUT2D eigenvalue weighted by molar-refractivity contribution is 0.112. The number of ether oxygens (including phenoxy) is 1. The van der Waals surface area contributed by atoms with Crippen LogP contribution in [0.4, 0.5) is 0 Å². The van der Waals surface area contributed by atoms with Gasteiger partial charge in [0.1, 0.15) is 0 Å². The minimum atomic E-state index is 0.0548. The molecule has 15 heavy (non-hydrogen) atoms. The molecule has 1 aliphatic carbocycles. The van der Waals surface area contributed by atoms with Crippen molar-refractivity contribution in [2.45, 2.75) is 38.7 Å². The second-order valence-electron chi connectivity index (χ2n) is 4.05. The maximum atomic E-state index is 10.8. The highest BCUT2D eigenvalue weighted by Gasteiger charge is 2.28. The van der Waals surface area contributed by atoms with Crippen LogP contribution in [0.1, 0.15) is 48.7 Å². The number of hydrogen-bond acceptors (Lipinski definition) is 4. The van der Waals surface area contributed by atoms with Gasteiger partial charge in [0.05, 0.1) is 17.4 Å². The van der Waals surface area contributed by atoms with Crippen LogP contribution in [-0.2, 0) is 0 Å². The summed E-state index contributed by atoms with van der Waals surface area (Å²) in [6.07, 6.45) is 4.63. The highest BCUT2D eigenvalue weighted by Crippen LogP contribution is 2.40. The first kappa shape index (κ1) is 10.1. The number of rotatable bonds is 4. The maximum absolute atomic E-state index is 10.8. The quantitative estimate of drug-likeness (QED) is 0.706. The van der Waals surface area contributed by atoms with Crippen LogP contribution in [-0.4, -0.2) is 22.4 Å². The number of aromatic nitrogens is 2. The first-order valence-electron chi connectivity index (χ1n) is 5.19. The Morgan fingerprint density at radius 1 is 1.53 bits per heavy atom. The third kappa shape index (κ3) is 2.32. The number of carbonyl (C=O) groups is 1. The van der Waals surface area contributed by atoms with Gasteiger partial charge < -0.3 is 4.74 Å². The Labute approximate surface area is 88.7 Å². The van der Waals surface area contributed by atoms with Crippen LogP contribution in [0.3, 0.4) is 0 Å². The fraction of sp³-hybridized carbons (Fsp3) is 0.545. The average Bonchev–Trinajstić information content (AvgIpc) is 3.00. The normalized spacial score (nSPS) is 15.4. The molecule has 0 aliphatic heterocycles. The standard InChI is InChI=1S/C11H14N2O2/c1-7(2)15-11-12-5-9(6-14)10(13-11)8-3-4-8/h5-8H,3-4H2,1-2H3. The zero-order chi connectivity index (χ0) is 10.8. The van der Waals surface area contributed by atoms with Crippen molar-refractivity contribution in [3.05, 3.63) is 17.5 Å². The van der Waals surface area contributed by atoms with Gasteiger partial charge >= 0.3 is 6.01 Å². The van der Waals surface area contributed by atoms with Crippen LogP contribution >= 0.6 is 0 Å². The summed E-state index contributed by atoms with van der Waals surface area (Å²) < 4.78 is 5.39. The summed E-state index contributed by atoms with van der Waals surface area (Å²) in [4.78, 5) is 19.0. The van der Waals surface area contributed by atoms with E-state index in [-0.39, 0.29) is 6.10 Å². The molecule has 1 heterocycles. The molecule has 4 heteroatoms. The van der Waals surface area contributed by atoms with Crippen molar-refractivity contribution in [1.82, 2.24) is 9.97 Å². The van der Waals surface area contributed by atoms with Gasteiger partial charge in [-0.05, 0) is 26.7 Å². The minimum Gasteiger partial charge on any atom is -0.461 e. The van der Waals surface area contributed by atoms with E-state index in [1.165, 1.54) is 0 Å². The summed E-state index contributed by atoms with van der Waals surface area (Å²) in [5.74, 6) is 0.433. The van der Waals surface area contributed by atoms with Gasteiger partial charge in [-0.1, -0.05) is 0 Å². The zero-order valence-corrected chi connectivity index (χ0v) is 8.93. The molecule has 0 aromatic carbocycles. The Morgan fingerprint density at radius 2 is 2.27 bits per heavy atom. The molecule has 0 bridgehead atoms. The second kappa shape index (κ2) is 3.96. The van der Waals surface area contributed by atoms with E-state index in [1.54, 1.807) is 6.20 Å². The molecule has 2 rings (SSSR count). The minimum absolute atomic E-state index is 0.0548. The Balaban J connectivity index is 2.27. The highest BCUT2D eigenvalue weighted by atomic mass is 16.5. The van der Waals surface area contributed by atoms with Crippen molar-refractivity contribution >= 4 is 6.29 Å². The Bertz CT molecular complexity index is 373. The number of hydrogen-bond donors (Lipinski definition) is 0. The van der Waals surface area contributed by atoms with Gasteiger partial charge in [0.2, 0.25) is 0 Å². The Morgan fingerprint density at radius 3 is 2.80 bits per heavy atom. The molecule has 0 amide bonds. The van der Waals surface area contributed by atoms with Gasteiger partial charge in [-0.25, -0.2) is 4.98 Å². The summed E-state index contributed by atoms with van der Waals surface area (Å²) in [5, 5.41) is 0. The van der Waals surface area contributed by atoms with E-state index in [2.05, 4.69) is 9.97 Å². The third-order valence-electron chi connectivity index (χ3n) is 2.26. The molecule has 0 unspecified atom stereocenters. The van der Waals surface area contributed by atoms with Crippen LogP contribution in [0.15, 0.2) is 6.20 Å². The van der Waals surface area contributed by atoms with E-state index >= 15 is 0 Å². The van der Waals surface area contributed by atoms with Crippen LogP contribution in [0.5, 0.6) is 6.01 Å². The molecular formula is C11H14N2O2. The molecule has 80 valence electrons. The highest BCUT2D eigenvalue weighted by molar-refractivity contribution is 5.76. The lowest BCUT2D eigenvalue weighted by atomic mass is 10.2.